The number of amides is 1. The first-order chi connectivity index (χ1) is 14.6. The van der Waals surface area contributed by atoms with E-state index in [0.29, 0.717) is 23.2 Å². The Hall–Kier alpha value is -3.55. The molecule has 31 heavy (non-hydrogen) atoms. The van der Waals surface area contributed by atoms with Crippen LogP contribution in [0.1, 0.15) is 43.3 Å². The van der Waals surface area contributed by atoms with E-state index < -0.39 is 23.0 Å². The lowest BCUT2D eigenvalue weighted by atomic mass is 9.91. The predicted molar refractivity (Wildman–Crippen MR) is 117 cm³/mol. The van der Waals surface area contributed by atoms with Gasteiger partial charge in [0.2, 0.25) is 17.1 Å². The molecule has 3 rings (SSSR count). The number of methoxy groups -OCH3 is 1. The van der Waals surface area contributed by atoms with E-state index in [9.17, 15) is 19.5 Å². The van der Waals surface area contributed by atoms with Crippen LogP contribution in [0.5, 0.6) is 11.5 Å². The number of aromatic nitrogens is 1. The fourth-order valence-electron chi connectivity index (χ4n) is 3.72. The molecule has 8 heteroatoms. The summed E-state index contributed by atoms with van der Waals surface area (Å²) in [4.78, 5) is 37.5. The van der Waals surface area contributed by atoms with E-state index >= 15 is 0 Å². The third kappa shape index (κ3) is 4.47. The number of fused-ring (bicyclic) bond motifs is 1. The second kappa shape index (κ2) is 8.67. The lowest BCUT2D eigenvalue weighted by Crippen LogP contribution is -2.29. The van der Waals surface area contributed by atoms with E-state index in [1.54, 1.807) is 42.9 Å². The van der Waals surface area contributed by atoms with E-state index in [0.717, 1.165) is 6.07 Å². The van der Waals surface area contributed by atoms with E-state index in [-0.39, 0.29) is 35.0 Å². The number of carbonyl (C=O) groups excluding carboxylic acids is 1. The second-order valence-corrected chi connectivity index (χ2v) is 7.99. The van der Waals surface area contributed by atoms with Gasteiger partial charge in [-0.3, -0.25) is 14.4 Å². The van der Waals surface area contributed by atoms with Gasteiger partial charge in [0.25, 0.3) is 5.56 Å². The smallest absolute Gasteiger partial charge is 0.255 e. The second-order valence-electron chi connectivity index (χ2n) is 7.99. The maximum Gasteiger partial charge on any atom is 0.255 e. The number of carbonyl (C=O) groups is 1. The van der Waals surface area contributed by atoms with Gasteiger partial charge in [0.1, 0.15) is 11.5 Å². The number of hydrogen-bond acceptors (Lipinski definition) is 6. The van der Waals surface area contributed by atoms with Crippen LogP contribution in [0.4, 0.5) is 0 Å². The number of nitrogens with two attached hydrogens (primary N) is 1. The summed E-state index contributed by atoms with van der Waals surface area (Å²) >= 11 is 0. The number of ether oxygens (including phenoxy) is 1. The Bertz CT molecular complexity index is 1260. The number of nitrogens with zero attached hydrogens (tertiary/aromatic N) is 1. The highest BCUT2D eigenvalue weighted by Gasteiger charge is 2.28. The van der Waals surface area contributed by atoms with Crippen LogP contribution < -0.4 is 21.5 Å². The van der Waals surface area contributed by atoms with Gasteiger partial charge >= 0.3 is 0 Å². The molecule has 1 atom stereocenters. The maximum absolute atomic E-state index is 13.5. The molecular weight excluding hydrogens is 400 g/mol. The van der Waals surface area contributed by atoms with Crippen LogP contribution in [-0.2, 0) is 11.3 Å². The van der Waals surface area contributed by atoms with Crippen molar-refractivity contribution in [3.63, 3.8) is 0 Å². The number of hydrogen-bond donors (Lipinski definition) is 2. The SMILES string of the molecule is COc1ccc2c(c1)cc([C@H](CC(N)=O)c1oc(C)cc(=O)c1O)c(=O)n2CC(C)C. The van der Waals surface area contributed by atoms with Crippen molar-refractivity contribution >= 4 is 16.8 Å². The molecule has 0 unspecified atom stereocenters. The molecule has 0 saturated heterocycles. The average molecular weight is 426 g/mol. The molecule has 2 aromatic heterocycles. The van der Waals surface area contributed by atoms with Gasteiger partial charge in [-0.1, -0.05) is 13.8 Å². The van der Waals surface area contributed by atoms with Gasteiger partial charge in [0.15, 0.2) is 5.76 Å². The van der Waals surface area contributed by atoms with Gasteiger partial charge in [0.05, 0.1) is 18.5 Å². The first-order valence-corrected chi connectivity index (χ1v) is 9.95. The summed E-state index contributed by atoms with van der Waals surface area (Å²) in [6, 6.07) is 8.12. The summed E-state index contributed by atoms with van der Waals surface area (Å²) in [6.45, 7) is 5.96. The number of aromatic hydroxyl groups is 1. The molecule has 164 valence electrons. The Balaban J connectivity index is 2.38. The lowest BCUT2D eigenvalue weighted by molar-refractivity contribution is -0.118. The standard InChI is InChI=1S/C23H26N2O6/c1-12(2)11-25-18-6-5-15(30-4)8-14(18)9-17(23(25)29)16(10-20(24)27)22-21(28)19(26)7-13(3)31-22/h5-9,12,16,28H,10-11H2,1-4H3,(H2,24,27)/t16-/m0/s1. The summed E-state index contributed by atoms with van der Waals surface area (Å²) in [5, 5.41) is 11.1. The summed E-state index contributed by atoms with van der Waals surface area (Å²) in [5.41, 5.74) is 5.35. The fraction of sp³-hybridized carbons (Fsp3) is 0.348. The van der Waals surface area contributed by atoms with Crippen molar-refractivity contribution in [3.05, 3.63) is 68.0 Å². The highest BCUT2D eigenvalue weighted by Crippen LogP contribution is 2.33. The van der Waals surface area contributed by atoms with Gasteiger partial charge in [-0.25, -0.2) is 0 Å². The van der Waals surface area contributed by atoms with Gasteiger partial charge in [-0.05, 0) is 37.1 Å². The zero-order chi connectivity index (χ0) is 22.9. The minimum atomic E-state index is -1.02. The number of benzene rings is 1. The van der Waals surface area contributed by atoms with E-state index in [1.807, 2.05) is 13.8 Å². The summed E-state index contributed by atoms with van der Waals surface area (Å²) in [6.07, 6.45) is -0.313. The van der Waals surface area contributed by atoms with Crippen LogP contribution in [0.2, 0.25) is 0 Å². The predicted octanol–water partition coefficient (Wildman–Crippen LogP) is 2.64. The largest absolute Gasteiger partial charge is 0.502 e. The third-order valence-corrected chi connectivity index (χ3v) is 5.05. The number of aryl methyl sites for hydroxylation is 1. The van der Waals surface area contributed by atoms with Crippen LogP contribution in [0.15, 0.2) is 44.3 Å². The van der Waals surface area contributed by atoms with Gasteiger partial charge in [0, 0.05) is 30.0 Å². The van der Waals surface area contributed by atoms with Crippen molar-refractivity contribution in [2.75, 3.05) is 7.11 Å². The molecule has 0 aliphatic carbocycles. The molecule has 1 aromatic carbocycles. The molecule has 3 N–H and O–H groups in total. The minimum absolute atomic E-state index is 0.153. The monoisotopic (exact) mass is 426 g/mol. The van der Waals surface area contributed by atoms with E-state index in [1.165, 1.54) is 0 Å². The molecule has 0 saturated carbocycles. The molecule has 0 aliphatic heterocycles. The molecule has 0 radical (unpaired) electrons. The first kappa shape index (κ1) is 22.1. The Labute approximate surface area is 178 Å². The average Bonchev–Trinajstić information content (AvgIpc) is 2.70. The third-order valence-electron chi connectivity index (χ3n) is 5.05. The zero-order valence-corrected chi connectivity index (χ0v) is 18.0. The molecular formula is C23H26N2O6. The van der Waals surface area contributed by atoms with Crippen LogP contribution in [-0.4, -0.2) is 22.7 Å². The molecule has 1 amide bonds. The first-order valence-electron chi connectivity index (χ1n) is 9.95. The van der Waals surface area contributed by atoms with Gasteiger partial charge in [-0.15, -0.1) is 0 Å². The van der Waals surface area contributed by atoms with Gasteiger partial charge in [-0.2, -0.15) is 0 Å². The maximum atomic E-state index is 13.5. The van der Waals surface area contributed by atoms with Crippen molar-refractivity contribution < 1.29 is 19.1 Å². The molecule has 0 aliphatic rings. The normalized spacial score (nSPS) is 12.3. The Kier molecular flexibility index (Phi) is 6.19. The molecule has 0 bridgehead atoms. The zero-order valence-electron chi connectivity index (χ0n) is 18.0. The molecule has 3 aromatic rings. The van der Waals surface area contributed by atoms with Crippen molar-refractivity contribution in [1.82, 2.24) is 4.57 Å². The van der Waals surface area contributed by atoms with Crippen LogP contribution >= 0.6 is 0 Å². The van der Waals surface area contributed by atoms with E-state index in [2.05, 4.69) is 0 Å². The van der Waals surface area contributed by atoms with Crippen molar-refractivity contribution in [2.45, 2.75) is 39.7 Å². The highest BCUT2D eigenvalue weighted by atomic mass is 16.5. The highest BCUT2D eigenvalue weighted by molar-refractivity contribution is 5.82. The van der Waals surface area contributed by atoms with E-state index in [4.69, 9.17) is 14.9 Å². The Morgan fingerprint density at radius 3 is 2.55 bits per heavy atom. The lowest BCUT2D eigenvalue weighted by Gasteiger charge is -2.20. The number of primary amides is 1. The van der Waals surface area contributed by atoms with Crippen LogP contribution in [0.3, 0.4) is 0 Å². The van der Waals surface area contributed by atoms with Crippen molar-refractivity contribution in [2.24, 2.45) is 11.7 Å². The summed E-state index contributed by atoms with van der Waals surface area (Å²) in [5.74, 6) is -1.50. The summed E-state index contributed by atoms with van der Waals surface area (Å²) in [7, 11) is 1.54. The fourth-order valence-corrected chi connectivity index (χ4v) is 3.72. The molecule has 2 heterocycles. The molecule has 0 fully saturated rings. The van der Waals surface area contributed by atoms with Crippen molar-refractivity contribution in [1.29, 1.82) is 0 Å². The van der Waals surface area contributed by atoms with Crippen LogP contribution in [0, 0.1) is 12.8 Å². The topological polar surface area (TPSA) is 125 Å². The van der Waals surface area contributed by atoms with Crippen molar-refractivity contribution in [3.8, 4) is 11.5 Å². The summed E-state index contributed by atoms with van der Waals surface area (Å²) < 4.78 is 12.5. The Morgan fingerprint density at radius 2 is 1.94 bits per heavy atom. The quantitative estimate of drug-likeness (QED) is 0.598. The Morgan fingerprint density at radius 1 is 1.23 bits per heavy atom. The minimum Gasteiger partial charge on any atom is -0.502 e. The molecule has 8 nitrogen and oxygen atoms in total. The van der Waals surface area contributed by atoms with Gasteiger partial charge < -0.3 is 24.6 Å². The number of rotatable bonds is 7. The van der Waals surface area contributed by atoms with Crippen LogP contribution in [0.25, 0.3) is 10.9 Å². The molecule has 0 spiro atoms. The number of pyridine rings is 1.